The maximum atomic E-state index is 11.8. The van der Waals surface area contributed by atoms with Crippen molar-refractivity contribution in [1.82, 2.24) is 4.90 Å². The van der Waals surface area contributed by atoms with Crippen LogP contribution in [0.1, 0.15) is 16.6 Å². The second-order valence-electron chi connectivity index (χ2n) is 3.21. The van der Waals surface area contributed by atoms with E-state index in [1.165, 1.54) is 11.3 Å². The minimum atomic E-state index is 0.0920. The van der Waals surface area contributed by atoms with Crippen LogP contribution < -0.4 is 0 Å². The van der Waals surface area contributed by atoms with Gasteiger partial charge in [-0.25, -0.2) is 0 Å². The van der Waals surface area contributed by atoms with Gasteiger partial charge in [-0.05, 0) is 35.0 Å². The summed E-state index contributed by atoms with van der Waals surface area (Å²) in [7, 11) is 3.81. The standard InChI is InChI=1S/C10H12BrNOS/c1-7(6-12(2)3)10(13)8-4-5-9(11)14-8/h4-6H,1-3H3/b7-6+. The van der Waals surface area contributed by atoms with Crippen molar-refractivity contribution in [1.29, 1.82) is 0 Å². The molecule has 0 aliphatic heterocycles. The van der Waals surface area contributed by atoms with Gasteiger partial charge < -0.3 is 4.90 Å². The first-order valence-electron chi connectivity index (χ1n) is 4.15. The molecule has 0 aliphatic rings. The highest BCUT2D eigenvalue weighted by molar-refractivity contribution is 9.11. The fourth-order valence-corrected chi connectivity index (χ4v) is 2.47. The number of thiophene rings is 1. The Bertz CT molecular complexity index is 368. The third-order valence-electron chi connectivity index (χ3n) is 1.61. The van der Waals surface area contributed by atoms with Crippen LogP contribution in [-0.2, 0) is 0 Å². The van der Waals surface area contributed by atoms with E-state index in [1.54, 1.807) is 0 Å². The Morgan fingerprint density at radius 2 is 2.14 bits per heavy atom. The zero-order chi connectivity index (χ0) is 10.7. The minimum Gasteiger partial charge on any atom is -0.383 e. The third-order valence-corrected chi connectivity index (χ3v) is 3.23. The SMILES string of the molecule is C/C(=C\N(C)C)C(=O)c1ccc(Br)s1. The molecule has 14 heavy (non-hydrogen) atoms. The number of hydrogen-bond acceptors (Lipinski definition) is 3. The predicted molar refractivity (Wildman–Crippen MR) is 63.8 cm³/mol. The largest absolute Gasteiger partial charge is 0.383 e. The van der Waals surface area contributed by atoms with Gasteiger partial charge in [-0.15, -0.1) is 11.3 Å². The molecule has 1 aromatic rings. The summed E-state index contributed by atoms with van der Waals surface area (Å²) >= 11 is 4.80. The van der Waals surface area contributed by atoms with Crippen LogP contribution in [0.4, 0.5) is 0 Å². The molecule has 1 heterocycles. The summed E-state index contributed by atoms with van der Waals surface area (Å²) in [4.78, 5) is 14.4. The average molecular weight is 274 g/mol. The second kappa shape index (κ2) is 4.75. The van der Waals surface area contributed by atoms with Crippen molar-refractivity contribution < 1.29 is 4.79 Å². The Morgan fingerprint density at radius 1 is 1.50 bits per heavy atom. The highest BCUT2D eigenvalue weighted by Gasteiger charge is 2.10. The zero-order valence-corrected chi connectivity index (χ0v) is 10.8. The topological polar surface area (TPSA) is 20.3 Å². The summed E-state index contributed by atoms with van der Waals surface area (Å²) in [5.41, 5.74) is 0.754. The summed E-state index contributed by atoms with van der Waals surface area (Å²) in [5.74, 6) is 0.0920. The van der Waals surface area contributed by atoms with Crippen LogP contribution in [0.25, 0.3) is 0 Å². The summed E-state index contributed by atoms with van der Waals surface area (Å²) < 4.78 is 0.985. The Labute approximate surface area is 96.4 Å². The molecule has 0 atom stereocenters. The van der Waals surface area contributed by atoms with Crippen molar-refractivity contribution in [2.45, 2.75) is 6.92 Å². The van der Waals surface area contributed by atoms with E-state index < -0.39 is 0 Å². The number of hydrogen-bond donors (Lipinski definition) is 0. The highest BCUT2D eigenvalue weighted by atomic mass is 79.9. The van der Waals surface area contributed by atoms with Crippen LogP contribution in [0.5, 0.6) is 0 Å². The molecule has 0 aliphatic carbocycles. The Balaban J connectivity index is 2.86. The van der Waals surface area contributed by atoms with Crippen LogP contribution in [-0.4, -0.2) is 24.8 Å². The van der Waals surface area contributed by atoms with Gasteiger partial charge in [-0.2, -0.15) is 0 Å². The summed E-state index contributed by atoms with van der Waals surface area (Å²) in [6, 6.07) is 3.73. The molecule has 76 valence electrons. The molecule has 0 amide bonds. The molecular weight excluding hydrogens is 262 g/mol. The number of halogens is 1. The second-order valence-corrected chi connectivity index (χ2v) is 5.67. The zero-order valence-electron chi connectivity index (χ0n) is 8.37. The van der Waals surface area contributed by atoms with Crippen molar-refractivity contribution >= 4 is 33.0 Å². The van der Waals surface area contributed by atoms with Gasteiger partial charge in [0.1, 0.15) is 0 Å². The lowest BCUT2D eigenvalue weighted by molar-refractivity contribution is 0.103. The quantitative estimate of drug-likeness (QED) is 0.623. The molecule has 0 radical (unpaired) electrons. The maximum absolute atomic E-state index is 11.8. The van der Waals surface area contributed by atoms with E-state index in [0.29, 0.717) is 0 Å². The number of rotatable bonds is 3. The number of allylic oxidation sites excluding steroid dienone is 1. The molecular formula is C10H12BrNOS. The third kappa shape index (κ3) is 2.96. The van der Waals surface area contributed by atoms with Gasteiger partial charge in [-0.1, -0.05) is 0 Å². The predicted octanol–water partition coefficient (Wildman–Crippen LogP) is 3.16. The van der Waals surface area contributed by atoms with Crippen molar-refractivity contribution in [3.05, 3.63) is 32.6 Å². The Kier molecular flexibility index (Phi) is 3.89. The molecule has 1 aromatic heterocycles. The molecule has 4 heteroatoms. The first kappa shape index (κ1) is 11.5. The van der Waals surface area contributed by atoms with Crippen LogP contribution in [0.2, 0.25) is 0 Å². The van der Waals surface area contributed by atoms with Gasteiger partial charge in [0.25, 0.3) is 0 Å². The van der Waals surface area contributed by atoms with E-state index in [2.05, 4.69) is 15.9 Å². The average Bonchev–Trinajstić information content (AvgIpc) is 2.49. The lowest BCUT2D eigenvalue weighted by Gasteiger charge is -2.06. The summed E-state index contributed by atoms with van der Waals surface area (Å²) in [6.07, 6.45) is 1.83. The van der Waals surface area contributed by atoms with E-state index in [1.807, 2.05) is 44.3 Å². The first-order valence-corrected chi connectivity index (χ1v) is 5.76. The van der Waals surface area contributed by atoms with Crippen molar-refractivity contribution in [2.75, 3.05) is 14.1 Å². The number of Topliss-reactive ketones (excluding diaryl/α,β-unsaturated/α-hetero) is 1. The molecule has 0 unspecified atom stereocenters. The van der Waals surface area contributed by atoms with Gasteiger partial charge >= 0.3 is 0 Å². The van der Waals surface area contributed by atoms with E-state index >= 15 is 0 Å². The van der Waals surface area contributed by atoms with Crippen LogP contribution in [0.15, 0.2) is 27.7 Å². The highest BCUT2D eigenvalue weighted by Crippen LogP contribution is 2.24. The molecule has 0 fully saturated rings. The first-order chi connectivity index (χ1) is 6.50. The molecule has 1 rings (SSSR count). The fourth-order valence-electron chi connectivity index (χ4n) is 1.08. The fraction of sp³-hybridized carbons (Fsp3) is 0.300. The number of carbonyl (C=O) groups excluding carboxylic acids is 1. The van der Waals surface area contributed by atoms with Crippen LogP contribution >= 0.6 is 27.3 Å². The van der Waals surface area contributed by atoms with Gasteiger partial charge in [0.2, 0.25) is 0 Å². The summed E-state index contributed by atoms with van der Waals surface area (Å²) in [5, 5.41) is 0. The van der Waals surface area contributed by atoms with Gasteiger partial charge in [0, 0.05) is 25.9 Å². The van der Waals surface area contributed by atoms with E-state index in [9.17, 15) is 4.79 Å². The molecule has 0 aromatic carbocycles. The number of nitrogens with zero attached hydrogens (tertiary/aromatic N) is 1. The Morgan fingerprint density at radius 3 is 2.57 bits per heavy atom. The normalized spacial score (nSPS) is 11.6. The minimum absolute atomic E-state index is 0.0920. The van der Waals surface area contributed by atoms with Crippen molar-refractivity contribution in [2.24, 2.45) is 0 Å². The van der Waals surface area contributed by atoms with Gasteiger partial charge in [-0.3, -0.25) is 4.79 Å². The molecule has 2 nitrogen and oxygen atoms in total. The Hall–Kier alpha value is -0.610. The molecule has 0 saturated carbocycles. The molecule has 0 bridgehead atoms. The smallest absolute Gasteiger partial charge is 0.200 e. The van der Waals surface area contributed by atoms with Gasteiger partial charge in [0.15, 0.2) is 5.78 Å². The van der Waals surface area contributed by atoms with Crippen LogP contribution in [0, 0.1) is 0 Å². The number of ketones is 1. The monoisotopic (exact) mass is 273 g/mol. The lowest BCUT2D eigenvalue weighted by Crippen LogP contribution is -2.06. The van der Waals surface area contributed by atoms with Gasteiger partial charge in [0.05, 0.1) is 8.66 Å². The van der Waals surface area contributed by atoms with Crippen molar-refractivity contribution in [3.63, 3.8) is 0 Å². The van der Waals surface area contributed by atoms with E-state index in [0.717, 1.165) is 14.2 Å². The van der Waals surface area contributed by atoms with Crippen LogP contribution in [0.3, 0.4) is 0 Å². The molecule has 0 saturated heterocycles. The maximum Gasteiger partial charge on any atom is 0.200 e. The number of carbonyl (C=O) groups is 1. The summed E-state index contributed by atoms with van der Waals surface area (Å²) in [6.45, 7) is 1.83. The molecule has 0 spiro atoms. The molecule has 0 N–H and O–H groups in total. The van der Waals surface area contributed by atoms with E-state index in [4.69, 9.17) is 0 Å². The van der Waals surface area contributed by atoms with E-state index in [-0.39, 0.29) is 5.78 Å². The lowest BCUT2D eigenvalue weighted by atomic mass is 10.2. The van der Waals surface area contributed by atoms with Crippen molar-refractivity contribution in [3.8, 4) is 0 Å².